The van der Waals surface area contributed by atoms with Crippen LogP contribution < -0.4 is 27.4 Å². The van der Waals surface area contributed by atoms with Crippen LogP contribution in [-0.2, 0) is 43.2 Å². The minimum atomic E-state index is -1.43. The number of nitrogens with zero attached hydrogens (tertiary/aromatic N) is 1. The zero-order valence-corrected chi connectivity index (χ0v) is 23.2. The Bertz CT molecular complexity index is 1380. The highest BCUT2D eigenvalue weighted by molar-refractivity contribution is 5.94. The number of primary amides is 1. The molecule has 10 N–H and O–H groups in total. The third kappa shape index (κ3) is 10.6. The van der Waals surface area contributed by atoms with E-state index in [1.165, 1.54) is 24.7 Å². The van der Waals surface area contributed by atoms with E-state index in [0.29, 0.717) is 11.3 Å². The number of aromatic hydroxyl groups is 1. The number of imidazole rings is 1. The van der Waals surface area contributed by atoms with E-state index in [4.69, 9.17) is 11.5 Å². The van der Waals surface area contributed by atoms with E-state index in [-0.39, 0.29) is 37.9 Å². The predicted molar refractivity (Wildman–Crippen MR) is 154 cm³/mol. The first-order chi connectivity index (χ1) is 20.5. The molecule has 14 heteroatoms. The maximum Gasteiger partial charge on any atom is 0.326 e. The van der Waals surface area contributed by atoms with Crippen LogP contribution in [0.2, 0.25) is 0 Å². The fraction of sp³-hybridized carbons (Fsp3) is 0.310. The van der Waals surface area contributed by atoms with E-state index < -0.39 is 53.8 Å². The largest absolute Gasteiger partial charge is 0.508 e. The molecule has 2 aromatic carbocycles. The van der Waals surface area contributed by atoms with Crippen molar-refractivity contribution in [2.75, 3.05) is 0 Å². The second-order valence-electron chi connectivity index (χ2n) is 9.97. The van der Waals surface area contributed by atoms with Crippen LogP contribution in [0.1, 0.15) is 29.7 Å². The smallest absolute Gasteiger partial charge is 0.326 e. The van der Waals surface area contributed by atoms with Gasteiger partial charge in [-0.05, 0) is 36.1 Å². The number of carboxylic acid groups (broad SMARTS) is 1. The summed E-state index contributed by atoms with van der Waals surface area (Å²) in [5.41, 5.74) is 13.2. The monoisotopic (exact) mass is 593 g/mol. The molecular formula is C29H35N7O7. The third-order valence-corrected chi connectivity index (χ3v) is 6.55. The molecule has 3 rings (SSSR count). The van der Waals surface area contributed by atoms with Gasteiger partial charge < -0.3 is 42.6 Å². The summed E-state index contributed by atoms with van der Waals surface area (Å²) in [5.74, 6) is -4.19. The number of carboxylic acids is 1. The SMILES string of the molecule is NC(=O)CCC(NC(=O)C(Cc1cnc[nH]1)NC(=O)C(Cc1ccccc1)NC(=O)C(N)Cc1ccc(O)cc1)C(=O)O. The summed E-state index contributed by atoms with van der Waals surface area (Å²) in [7, 11) is 0. The summed E-state index contributed by atoms with van der Waals surface area (Å²) in [6, 6.07) is 10.2. The number of rotatable bonds is 16. The minimum absolute atomic E-state index is 0.0673. The highest BCUT2D eigenvalue weighted by atomic mass is 16.4. The van der Waals surface area contributed by atoms with Gasteiger partial charge >= 0.3 is 5.97 Å². The van der Waals surface area contributed by atoms with Crippen molar-refractivity contribution in [2.45, 2.75) is 56.3 Å². The second kappa shape index (κ2) is 15.7. The van der Waals surface area contributed by atoms with Gasteiger partial charge in [0.15, 0.2) is 0 Å². The molecule has 0 spiro atoms. The lowest BCUT2D eigenvalue weighted by Crippen LogP contribution is -2.58. The van der Waals surface area contributed by atoms with Gasteiger partial charge in [0.25, 0.3) is 0 Å². The Morgan fingerprint density at radius 1 is 0.791 bits per heavy atom. The number of carbonyl (C=O) groups excluding carboxylic acids is 4. The number of benzene rings is 2. The number of hydrogen-bond acceptors (Lipinski definition) is 8. The van der Waals surface area contributed by atoms with E-state index in [1.807, 2.05) is 0 Å². The highest BCUT2D eigenvalue weighted by Crippen LogP contribution is 2.12. The van der Waals surface area contributed by atoms with E-state index in [9.17, 15) is 34.2 Å². The third-order valence-electron chi connectivity index (χ3n) is 6.55. The van der Waals surface area contributed by atoms with Crippen molar-refractivity contribution in [3.63, 3.8) is 0 Å². The minimum Gasteiger partial charge on any atom is -0.508 e. The lowest BCUT2D eigenvalue weighted by Gasteiger charge is -2.25. The van der Waals surface area contributed by atoms with Gasteiger partial charge in [-0.3, -0.25) is 19.2 Å². The van der Waals surface area contributed by atoms with Gasteiger partial charge in [-0.25, -0.2) is 9.78 Å². The fourth-order valence-corrected chi connectivity index (χ4v) is 4.23. The van der Waals surface area contributed by atoms with E-state index in [2.05, 4.69) is 25.9 Å². The maximum atomic E-state index is 13.6. The number of amides is 4. The van der Waals surface area contributed by atoms with Gasteiger partial charge in [-0.15, -0.1) is 0 Å². The molecule has 0 aliphatic rings. The van der Waals surface area contributed by atoms with Gasteiger partial charge in [0.1, 0.15) is 23.9 Å². The number of nitrogens with two attached hydrogens (primary N) is 2. The summed E-state index contributed by atoms with van der Waals surface area (Å²) in [5, 5.41) is 26.7. The molecular weight excluding hydrogens is 558 g/mol. The number of phenolic OH excluding ortho intramolecular Hbond substituents is 1. The highest BCUT2D eigenvalue weighted by Gasteiger charge is 2.31. The normalized spacial score (nSPS) is 13.6. The molecule has 0 bridgehead atoms. The van der Waals surface area contributed by atoms with E-state index in [1.54, 1.807) is 42.5 Å². The van der Waals surface area contributed by atoms with Gasteiger partial charge in [-0.2, -0.15) is 0 Å². The number of hydrogen-bond donors (Lipinski definition) is 8. The van der Waals surface area contributed by atoms with Crippen LogP contribution in [0.25, 0.3) is 0 Å². The average molecular weight is 594 g/mol. The first kappa shape index (κ1) is 32.3. The summed E-state index contributed by atoms with van der Waals surface area (Å²) in [4.78, 5) is 69.6. The molecule has 4 atom stereocenters. The van der Waals surface area contributed by atoms with Crippen molar-refractivity contribution in [1.82, 2.24) is 25.9 Å². The molecule has 0 aliphatic carbocycles. The van der Waals surface area contributed by atoms with Crippen molar-refractivity contribution in [3.05, 3.63) is 83.9 Å². The summed E-state index contributed by atoms with van der Waals surface area (Å²) < 4.78 is 0. The topological polar surface area (TPSA) is 243 Å². The van der Waals surface area contributed by atoms with Crippen molar-refractivity contribution < 1.29 is 34.2 Å². The Labute approximate surface area is 247 Å². The first-order valence-electron chi connectivity index (χ1n) is 13.5. The van der Waals surface area contributed by atoms with Gasteiger partial charge in [-0.1, -0.05) is 42.5 Å². The molecule has 228 valence electrons. The van der Waals surface area contributed by atoms with Crippen LogP contribution in [0.15, 0.2) is 67.1 Å². The molecule has 0 aliphatic heterocycles. The molecule has 0 fully saturated rings. The standard InChI is InChI=1S/C29H35N7O7/c30-21(12-18-6-8-20(37)9-7-18)26(39)35-23(13-17-4-2-1-3-5-17)27(40)36-24(14-19-15-32-16-33-19)28(41)34-22(29(42)43)10-11-25(31)38/h1-9,15-16,21-24,37H,10-14,30H2,(H2,31,38)(H,32,33)(H,34,41)(H,35,39)(H,36,40)(H,42,43). The number of H-pyrrole nitrogens is 1. The van der Waals surface area contributed by atoms with Gasteiger partial charge in [0, 0.05) is 31.2 Å². The summed E-state index contributed by atoms with van der Waals surface area (Å²) in [6.45, 7) is 0. The Morgan fingerprint density at radius 2 is 1.37 bits per heavy atom. The Hall–Kier alpha value is -5.24. The number of aliphatic carboxylic acids is 1. The van der Waals surface area contributed by atoms with Crippen LogP contribution in [0, 0.1) is 0 Å². The Kier molecular flexibility index (Phi) is 11.8. The number of phenols is 1. The maximum absolute atomic E-state index is 13.6. The van der Waals surface area contributed by atoms with Crippen LogP contribution in [0.5, 0.6) is 5.75 Å². The number of nitrogens with one attached hydrogen (secondary N) is 4. The van der Waals surface area contributed by atoms with E-state index in [0.717, 1.165) is 5.56 Å². The predicted octanol–water partition coefficient (Wildman–Crippen LogP) is -0.725. The Morgan fingerprint density at radius 3 is 1.95 bits per heavy atom. The Balaban J connectivity index is 1.79. The molecule has 0 saturated heterocycles. The zero-order valence-electron chi connectivity index (χ0n) is 23.2. The van der Waals surface area contributed by atoms with Crippen molar-refractivity contribution in [3.8, 4) is 5.75 Å². The lowest BCUT2D eigenvalue weighted by atomic mass is 10.0. The van der Waals surface area contributed by atoms with Crippen LogP contribution >= 0.6 is 0 Å². The van der Waals surface area contributed by atoms with Crippen molar-refractivity contribution in [2.24, 2.45) is 11.5 Å². The summed E-state index contributed by atoms with van der Waals surface area (Å²) >= 11 is 0. The molecule has 0 radical (unpaired) electrons. The van der Waals surface area contributed by atoms with E-state index >= 15 is 0 Å². The molecule has 14 nitrogen and oxygen atoms in total. The number of aromatic nitrogens is 2. The molecule has 43 heavy (non-hydrogen) atoms. The number of carbonyl (C=O) groups is 5. The van der Waals surface area contributed by atoms with Crippen LogP contribution in [0.3, 0.4) is 0 Å². The van der Waals surface area contributed by atoms with Gasteiger partial charge in [0.05, 0.1) is 12.4 Å². The van der Waals surface area contributed by atoms with Crippen molar-refractivity contribution >= 4 is 29.6 Å². The lowest BCUT2D eigenvalue weighted by molar-refractivity contribution is -0.142. The van der Waals surface area contributed by atoms with Crippen LogP contribution in [0.4, 0.5) is 0 Å². The fourth-order valence-electron chi connectivity index (χ4n) is 4.23. The molecule has 4 unspecified atom stereocenters. The van der Waals surface area contributed by atoms with Gasteiger partial charge in [0.2, 0.25) is 23.6 Å². The molecule has 4 amide bonds. The first-order valence-corrected chi connectivity index (χ1v) is 13.5. The zero-order chi connectivity index (χ0) is 31.4. The van der Waals surface area contributed by atoms with Crippen LogP contribution in [-0.4, -0.2) is 73.9 Å². The van der Waals surface area contributed by atoms with Crippen molar-refractivity contribution in [1.29, 1.82) is 0 Å². The molecule has 1 heterocycles. The molecule has 1 aromatic heterocycles. The quantitative estimate of drug-likeness (QED) is 0.104. The molecule has 0 saturated carbocycles. The number of aromatic amines is 1. The molecule has 3 aromatic rings. The second-order valence-corrected chi connectivity index (χ2v) is 9.97. The average Bonchev–Trinajstić information content (AvgIpc) is 3.49. The summed E-state index contributed by atoms with van der Waals surface area (Å²) in [6.07, 6.45) is 2.44.